The zero-order valence-corrected chi connectivity index (χ0v) is 10.9. The smallest absolute Gasteiger partial charge is 0.123 e. The summed E-state index contributed by atoms with van der Waals surface area (Å²) < 4.78 is 6.64. The molecule has 0 spiro atoms. The van der Waals surface area contributed by atoms with Crippen molar-refractivity contribution in [3.8, 4) is 5.75 Å². The lowest BCUT2D eigenvalue weighted by Gasteiger charge is -2.10. The number of aryl methyl sites for hydroxylation is 1. The summed E-state index contributed by atoms with van der Waals surface area (Å²) in [4.78, 5) is 0. The van der Waals surface area contributed by atoms with Crippen molar-refractivity contribution in [1.82, 2.24) is 0 Å². The van der Waals surface area contributed by atoms with Gasteiger partial charge in [0.15, 0.2) is 0 Å². The van der Waals surface area contributed by atoms with Crippen LogP contribution in [0.1, 0.15) is 18.1 Å². The van der Waals surface area contributed by atoms with Crippen LogP contribution in [0.5, 0.6) is 5.75 Å². The first-order valence-corrected chi connectivity index (χ1v) is 6.08. The zero-order valence-electron chi connectivity index (χ0n) is 7.73. The van der Waals surface area contributed by atoms with Gasteiger partial charge in [0.2, 0.25) is 0 Å². The first-order chi connectivity index (χ1) is 6.19. The molecule has 1 aromatic rings. The van der Waals surface area contributed by atoms with Crippen LogP contribution in [0.3, 0.4) is 0 Å². The Morgan fingerprint density at radius 3 is 2.62 bits per heavy atom. The Hall–Kier alpha value is -0.0200. The highest BCUT2D eigenvalue weighted by Gasteiger charge is 2.05. The number of hydrogen-bond acceptors (Lipinski definition) is 1. The molecule has 0 aromatic heterocycles. The molecular formula is C10H12Br2O. The number of halogens is 2. The van der Waals surface area contributed by atoms with E-state index in [1.165, 1.54) is 11.1 Å². The molecule has 1 nitrogen and oxygen atoms in total. The van der Waals surface area contributed by atoms with Gasteiger partial charge in [-0.3, -0.25) is 0 Å². The van der Waals surface area contributed by atoms with Crippen LogP contribution >= 0.6 is 31.9 Å². The molecule has 0 bridgehead atoms. The predicted octanol–water partition coefficient (Wildman–Crippen LogP) is 4.05. The maximum Gasteiger partial charge on any atom is 0.123 e. The van der Waals surface area contributed by atoms with Crippen LogP contribution in [-0.2, 0) is 5.33 Å². The lowest BCUT2D eigenvalue weighted by molar-refractivity contribution is 0.337. The van der Waals surface area contributed by atoms with Gasteiger partial charge in [0.05, 0.1) is 6.61 Å². The number of rotatable bonds is 3. The highest BCUT2D eigenvalue weighted by Crippen LogP contribution is 2.28. The summed E-state index contributed by atoms with van der Waals surface area (Å²) in [7, 11) is 0. The lowest BCUT2D eigenvalue weighted by atomic mass is 10.1. The van der Waals surface area contributed by atoms with Gasteiger partial charge in [0.1, 0.15) is 5.75 Å². The number of benzene rings is 1. The molecule has 0 heterocycles. The van der Waals surface area contributed by atoms with E-state index in [9.17, 15) is 0 Å². The average molecular weight is 308 g/mol. The first-order valence-electron chi connectivity index (χ1n) is 4.16. The minimum absolute atomic E-state index is 0.709. The second-order valence-corrected chi connectivity index (χ2v) is 4.19. The SMILES string of the molecule is CCOc1cc(C)c(Br)cc1CBr. The third-order valence-electron chi connectivity index (χ3n) is 1.79. The number of hydrogen-bond donors (Lipinski definition) is 0. The van der Waals surface area contributed by atoms with E-state index in [1.807, 2.05) is 6.92 Å². The Morgan fingerprint density at radius 2 is 2.08 bits per heavy atom. The quantitative estimate of drug-likeness (QED) is 0.766. The molecule has 0 atom stereocenters. The summed E-state index contributed by atoms with van der Waals surface area (Å²) in [5.41, 5.74) is 2.38. The van der Waals surface area contributed by atoms with Crippen molar-refractivity contribution in [1.29, 1.82) is 0 Å². The Labute approximate surface area is 95.7 Å². The fourth-order valence-corrected chi connectivity index (χ4v) is 1.92. The van der Waals surface area contributed by atoms with Gasteiger partial charge in [-0.15, -0.1) is 0 Å². The highest BCUT2D eigenvalue weighted by molar-refractivity contribution is 9.10. The average Bonchev–Trinajstić information content (AvgIpc) is 2.11. The summed E-state index contributed by atoms with van der Waals surface area (Å²) in [5, 5.41) is 0.821. The normalized spacial score (nSPS) is 10.2. The third kappa shape index (κ3) is 2.71. The molecule has 3 heteroatoms. The van der Waals surface area contributed by atoms with Crippen LogP contribution in [0, 0.1) is 6.92 Å². The minimum Gasteiger partial charge on any atom is -0.494 e. The first kappa shape index (κ1) is 11.1. The van der Waals surface area contributed by atoms with Crippen molar-refractivity contribution >= 4 is 31.9 Å². The second-order valence-electron chi connectivity index (χ2n) is 2.78. The predicted molar refractivity (Wildman–Crippen MR) is 62.7 cm³/mol. The summed E-state index contributed by atoms with van der Waals surface area (Å²) in [6.07, 6.45) is 0. The summed E-state index contributed by atoms with van der Waals surface area (Å²) in [5.74, 6) is 0.972. The molecule has 0 saturated heterocycles. The van der Waals surface area contributed by atoms with E-state index in [0.29, 0.717) is 6.61 Å². The van der Waals surface area contributed by atoms with Gasteiger partial charge in [0.25, 0.3) is 0 Å². The fourth-order valence-electron chi connectivity index (χ4n) is 1.09. The van der Waals surface area contributed by atoms with Crippen molar-refractivity contribution < 1.29 is 4.74 Å². The van der Waals surface area contributed by atoms with E-state index in [4.69, 9.17) is 4.74 Å². The molecule has 0 aliphatic rings. The molecule has 72 valence electrons. The maximum atomic E-state index is 5.51. The van der Waals surface area contributed by atoms with Gasteiger partial charge in [0, 0.05) is 15.4 Å². The van der Waals surface area contributed by atoms with Gasteiger partial charge >= 0.3 is 0 Å². The molecule has 0 aliphatic carbocycles. The van der Waals surface area contributed by atoms with Crippen LogP contribution in [0.4, 0.5) is 0 Å². The molecule has 0 saturated carbocycles. The standard InChI is InChI=1S/C10H12Br2O/c1-3-13-10-4-7(2)9(12)5-8(10)6-11/h4-5H,3,6H2,1-2H3. The van der Waals surface area contributed by atoms with Crippen molar-refractivity contribution in [2.75, 3.05) is 6.61 Å². The molecule has 0 aliphatic heterocycles. The van der Waals surface area contributed by atoms with E-state index in [-0.39, 0.29) is 0 Å². The zero-order chi connectivity index (χ0) is 9.84. The molecule has 0 amide bonds. The van der Waals surface area contributed by atoms with Gasteiger partial charge in [-0.05, 0) is 31.5 Å². The van der Waals surface area contributed by atoms with Gasteiger partial charge in [-0.2, -0.15) is 0 Å². The van der Waals surface area contributed by atoms with Crippen molar-refractivity contribution in [3.05, 3.63) is 27.7 Å². The van der Waals surface area contributed by atoms with Gasteiger partial charge in [-0.25, -0.2) is 0 Å². The van der Waals surface area contributed by atoms with Crippen molar-refractivity contribution in [2.24, 2.45) is 0 Å². The van der Waals surface area contributed by atoms with E-state index >= 15 is 0 Å². The second kappa shape index (κ2) is 5.01. The summed E-state index contributed by atoms with van der Waals surface area (Å²) in [6.45, 7) is 4.76. The molecular weight excluding hydrogens is 296 g/mol. The summed E-state index contributed by atoms with van der Waals surface area (Å²) >= 11 is 6.93. The molecule has 13 heavy (non-hydrogen) atoms. The molecule has 0 radical (unpaired) electrons. The van der Waals surface area contributed by atoms with E-state index < -0.39 is 0 Å². The Morgan fingerprint density at radius 1 is 1.38 bits per heavy atom. The fraction of sp³-hybridized carbons (Fsp3) is 0.400. The topological polar surface area (TPSA) is 9.23 Å². The molecule has 1 aromatic carbocycles. The highest BCUT2D eigenvalue weighted by atomic mass is 79.9. The maximum absolute atomic E-state index is 5.51. The van der Waals surface area contributed by atoms with Crippen LogP contribution < -0.4 is 4.74 Å². The van der Waals surface area contributed by atoms with Crippen LogP contribution in [0.2, 0.25) is 0 Å². The van der Waals surface area contributed by atoms with Gasteiger partial charge < -0.3 is 4.74 Å². The molecule has 0 N–H and O–H groups in total. The third-order valence-corrected chi connectivity index (χ3v) is 3.24. The van der Waals surface area contributed by atoms with E-state index in [1.54, 1.807) is 0 Å². The minimum atomic E-state index is 0.709. The van der Waals surface area contributed by atoms with E-state index in [2.05, 4.69) is 50.9 Å². The van der Waals surface area contributed by atoms with Crippen LogP contribution in [0.15, 0.2) is 16.6 Å². The van der Waals surface area contributed by atoms with Crippen molar-refractivity contribution in [3.63, 3.8) is 0 Å². The number of alkyl halides is 1. The molecule has 1 rings (SSSR count). The largest absolute Gasteiger partial charge is 0.494 e. The van der Waals surface area contributed by atoms with Crippen LogP contribution in [0.25, 0.3) is 0 Å². The Balaban J connectivity index is 3.09. The summed E-state index contributed by atoms with van der Waals surface area (Å²) in [6, 6.07) is 4.15. The monoisotopic (exact) mass is 306 g/mol. The van der Waals surface area contributed by atoms with E-state index in [0.717, 1.165) is 15.6 Å². The number of ether oxygens (including phenoxy) is 1. The lowest BCUT2D eigenvalue weighted by Crippen LogP contribution is -1.96. The molecule has 0 fully saturated rings. The Kier molecular flexibility index (Phi) is 4.26. The Bertz CT molecular complexity index is 297. The molecule has 0 unspecified atom stereocenters. The van der Waals surface area contributed by atoms with Gasteiger partial charge in [-0.1, -0.05) is 31.9 Å². The van der Waals surface area contributed by atoms with Crippen molar-refractivity contribution in [2.45, 2.75) is 19.2 Å². The van der Waals surface area contributed by atoms with Crippen LogP contribution in [-0.4, -0.2) is 6.61 Å².